The quantitative estimate of drug-likeness (QED) is 0.871. The Kier molecular flexibility index (Phi) is 3.05. The van der Waals surface area contributed by atoms with Gasteiger partial charge in [0.1, 0.15) is 11.5 Å². The van der Waals surface area contributed by atoms with Crippen LogP contribution in [0.25, 0.3) is 0 Å². The number of fused-ring (bicyclic) bond motifs is 2. The molecular weight excluding hydrogens is 276 g/mol. The molecule has 2 heterocycles. The summed E-state index contributed by atoms with van der Waals surface area (Å²) in [4.78, 5) is 2.54. The number of methoxy groups -OCH3 is 1. The molecule has 1 saturated carbocycles. The second-order valence-corrected chi connectivity index (χ2v) is 6.75. The highest BCUT2D eigenvalue weighted by atomic mass is 16.5. The summed E-state index contributed by atoms with van der Waals surface area (Å²) >= 11 is 0. The number of rotatable bonds is 3. The summed E-state index contributed by atoms with van der Waals surface area (Å²) in [5.74, 6) is 1.92. The molecule has 0 unspecified atom stereocenters. The Balaban J connectivity index is 1.63. The smallest absolute Gasteiger partial charge is 0.138 e. The van der Waals surface area contributed by atoms with Crippen LogP contribution in [-0.2, 0) is 18.5 Å². The fourth-order valence-electron chi connectivity index (χ4n) is 3.77. The number of hydrogen-bond donors (Lipinski definition) is 0. The van der Waals surface area contributed by atoms with Crippen LogP contribution in [0.4, 0.5) is 0 Å². The Labute approximate surface area is 131 Å². The SMILES string of the molecule is COc1ccc2c(c1)C1(CC1)CN(Cc1c(C)noc1C)C2. The molecule has 2 aliphatic rings. The summed E-state index contributed by atoms with van der Waals surface area (Å²) < 4.78 is 10.7. The van der Waals surface area contributed by atoms with Gasteiger partial charge in [0.05, 0.1) is 12.8 Å². The third-order valence-electron chi connectivity index (χ3n) is 5.23. The molecule has 0 saturated heterocycles. The molecule has 4 rings (SSSR count). The molecule has 1 aliphatic carbocycles. The molecule has 116 valence electrons. The van der Waals surface area contributed by atoms with E-state index >= 15 is 0 Å². The van der Waals surface area contributed by atoms with Crippen LogP contribution in [0.2, 0.25) is 0 Å². The minimum atomic E-state index is 0.348. The zero-order chi connectivity index (χ0) is 15.3. The third kappa shape index (κ3) is 2.13. The second-order valence-electron chi connectivity index (χ2n) is 6.75. The van der Waals surface area contributed by atoms with Crippen LogP contribution in [0, 0.1) is 13.8 Å². The molecule has 1 aliphatic heterocycles. The van der Waals surface area contributed by atoms with Crippen LogP contribution in [0.1, 0.15) is 41.0 Å². The Bertz CT molecular complexity index is 696. The lowest BCUT2D eigenvalue weighted by Crippen LogP contribution is -2.37. The van der Waals surface area contributed by atoms with Crippen molar-refractivity contribution in [2.45, 2.75) is 45.2 Å². The van der Waals surface area contributed by atoms with Crippen molar-refractivity contribution in [3.8, 4) is 5.75 Å². The van der Waals surface area contributed by atoms with Crippen molar-refractivity contribution in [3.05, 3.63) is 46.3 Å². The number of aromatic nitrogens is 1. The minimum absolute atomic E-state index is 0.348. The van der Waals surface area contributed by atoms with Gasteiger partial charge in [0.25, 0.3) is 0 Å². The van der Waals surface area contributed by atoms with Crippen molar-refractivity contribution in [1.29, 1.82) is 0 Å². The highest BCUT2D eigenvalue weighted by Crippen LogP contribution is 2.53. The maximum absolute atomic E-state index is 5.41. The van der Waals surface area contributed by atoms with Gasteiger partial charge in [0.15, 0.2) is 0 Å². The van der Waals surface area contributed by atoms with E-state index in [1.54, 1.807) is 7.11 Å². The summed E-state index contributed by atoms with van der Waals surface area (Å²) in [5, 5.41) is 4.08. The van der Waals surface area contributed by atoms with Crippen LogP contribution in [0.15, 0.2) is 22.7 Å². The molecule has 0 atom stereocenters. The zero-order valence-electron chi connectivity index (χ0n) is 13.5. The fourth-order valence-corrected chi connectivity index (χ4v) is 3.77. The van der Waals surface area contributed by atoms with Crippen LogP contribution >= 0.6 is 0 Å². The maximum Gasteiger partial charge on any atom is 0.138 e. The number of nitrogens with zero attached hydrogens (tertiary/aromatic N) is 2. The average Bonchev–Trinajstić information content (AvgIpc) is 3.22. The Morgan fingerprint density at radius 2 is 2.14 bits per heavy atom. The van der Waals surface area contributed by atoms with Crippen LogP contribution < -0.4 is 4.74 Å². The molecule has 22 heavy (non-hydrogen) atoms. The van der Waals surface area contributed by atoms with Crippen molar-refractivity contribution in [3.63, 3.8) is 0 Å². The number of aryl methyl sites for hydroxylation is 2. The predicted molar refractivity (Wildman–Crippen MR) is 84.0 cm³/mol. The third-order valence-corrected chi connectivity index (χ3v) is 5.23. The molecule has 0 bridgehead atoms. The summed E-state index contributed by atoms with van der Waals surface area (Å²) in [5.41, 5.74) is 5.55. The van der Waals surface area contributed by atoms with Gasteiger partial charge < -0.3 is 9.26 Å². The molecule has 4 heteroatoms. The molecule has 1 aromatic heterocycles. The number of ether oxygens (including phenoxy) is 1. The van der Waals surface area contributed by atoms with Crippen molar-refractivity contribution in [1.82, 2.24) is 10.1 Å². The molecular formula is C18H22N2O2. The van der Waals surface area contributed by atoms with E-state index in [0.717, 1.165) is 36.8 Å². The lowest BCUT2D eigenvalue weighted by atomic mass is 9.86. The molecule has 0 amide bonds. The van der Waals surface area contributed by atoms with Crippen molar-refractivity contribution < 1.29 is 9.26 Å². The van der Waals surface area contributed by atoms with E-state index in [2.05, 4.69) is 28.3 Å². The standard InChI is InChI=1S/C18H22N2O2/c1-12-16(13(2)22-19-12)10-20-9-14-4-5-15(21-3)8-17(14)18(11-20)6-7-18/h4-5,8H,6-7,9-11H2,1-3H3. The number of benzene rings is 1. The summed E-state index contributed by atoms with van der Waals surface area (Å²) in [6.45, 7) is 7.07. The van der Waals surface area contributed by atoms with Gasteiger partial charge in [0.2, 0.25) is 0 Å². The van der Waals surface area contributed by atoms with Gasteiger partial charge in [-0.25, -0.2) is 0 Å². The molecule has 0 radical (unpaired) electrons. The number of hydrogen-bond acceptors (Lipinski definition) is 4. The van der Waals surface area contributed by atoms with Gasteiger partial charge in [-0.15, -0.1) is 0 Å². The lowest BCUT2D eigenvalue weighted by molar-refractivity contribution is 0.211. The van der Waals surface area contributed by atoms with Gasteiger partial charge in [0, 0.05) is 30.6 Å². The van der Waals surface area contributed by atoms with E-state index < -0.39 is 0 Å². The first-order valence-electron chi connectivity index (χ1n) is 7.93. The van der Waals surface area contributed by atoms with Crippen molar-refractivity contribution in [2.75, 3.05) is 13.7 Å². The highest BCUT2D eigenvalue weighted by molar-refractivity contribution is 5.46. The van der Waals surface area contributed by atoms with E-state index in [0.29, 0.717) is 5.41 Å². The first kappa shape index (κ1) is 13.8. The first-order chi connectivity index (χ1) is 10.6. The molecule has 1 aromatic carbocycles. The molecule has 1 fully saturated rings. The van der Waals surface area contributed by atoms with E-state index in [1.165, 1.54) is 29.5 Å². The van der Waals surface area contributed by atoms with Gasteiger partial charge in [-0.1, -0.05) is 11.2 Å². The normalized spacial score (nSPS) is 19.2. The molecule has 0 N–H and O–H groups in total. The topological polar surface area (TPSA) is 38.5 Å². The molecule has 4 nitrogen and oxygen atoms in total. The van der Waals surface area contributed by atoms with Gasteiger partial charge in [-0.2, -0.15) is 0 Å². The predicted octanol–water partition coefficient (Wildman–Crippen LogP) is 3.35. The molecule has 2 aromatic rings. The van der Waals surface area contributed by atoms with E-state index in [4.69, 9.17) is 9.26 Å². The Morgan fingerprint density at radius 1 is 1.32 bits per heavy atom. The van der Waals surface area contributed by atoms with E-state index in [-0.39, 0.29) is 0 Å². The Hall–Kier alpha value is -1.81. The van der Waals surface area contributed by atoms with E-state index in [9.17, 15) is 0 Å². The van der Waals surface area contributed by atoms with Gasteiger partial charge >= 0.3 is 0 Å². The fraction of sp³-hybridized carbons (Fsp3) is 0.500. The summed E-state index contributed by atoms with van der Waals surface area (Å²) in [7, 11) is 1.74. The zero-order valence-corrected chi connectivity index (χ0v) is 13.5. The van der Waals surface area contributed by atoms with Crippen LogP contribution in [-0.4, -0.2) is 23.7 Å². The molecule has 1 spiro atoms. The summed E-state index contributed by atoms with van der Waals surface area (Å²) in [6, 6.07) is 6.55. The first-order valence-corrected chi connectivity index (χ1v) is 7.93. The van der Waals surface area contributed by atoms with Gasteiger partial charge in [-0.3, -0.25) is 4.90 Å². The maximum atomic E-state index is 5.41. The monoisotopic (exact) mass is 298 g/mol. The van der Waals surface area contributed by atoms with Crippen LogP contribution in [0.3, 0.4) is 0 Å². The highest BCUT2D eigenvalue weighted by Gasteiger charge is 2.49. The second kappa shape index (κ2) is 4.85. The Morgan fingerprint density at radius 3 is 2.77 bits per heavy atom. The minimum Gasteiger partial charge on any atom is -0.497 e. The average molecular weight is 298 g/mol. The van der Waals surface area contributed by atoms with E-state index in [1.807, 2.05) is 13.8 Å². The van der Waals surface area contributed by atoms with Gasteiger partial charge in [-0.05, 0) is 49.9 Å². The lowest BCUT2D eigenvalue weighted by Gasteiger charge is -2.35. The largest absolute Gasteiger partial charge is 0.497 e. The van der Waals surface area contributed by atoms with Crippen LogP contribution in [0.5, 0.6) is 5.75 Å². The van der Waals surface area contributed by atoms with Crippen molar-refractivity contribution in [2.24, 2.45) is 0 Å². The van der Waals surface area contributed by atoms with Crippen molar-refractivity contribution >= 4 is 0 Å². The summed E-state index contributed by atoms with van der Waals surface area (Å²) in [6.07, 6.45) is 2.57.